The first-order valence-electron chi connectivity index (χ1n) is 6.61. The molecule has 7 nitrogen and oxygen atoms in total. The number of hydrogen-bond acceptors (Lipinski definition) is 4. The minimum Gasteiger partial charge on any atom is -0.496 e. The Balaban J connectivity index is 0.00000441. The quantitative estimate of drug-likeness (QED) is 0.327. The van der Waals surface area contributed by atoms with Crippen molar-refractivity contribution in [2.24, 2.45) is 10.1 Å². The van der Waals surface area contributed by atoms with Gasteiger partial charge in [0, 0.05) is 18.7 Å². The van der Waals surface area contributed by atoms with Crippen molar-refractivity contribution in [1.29, 1.82) is 0 Å². The summed E-state index contributed by atoms with van der Waals surface area (Å²) in [5.74, 6) is 1.15. The van der Waals surface area contributed by atoms with Crippen molar-refractivity contribution in [2.45, 2.75) is 13.5 Å². The molecule has 0 heterocycles. The lowest BCUT2D eigenvalue weighted by atomic mass is 10.2. The van der Waals surface area contributed by atoms with Crippen LogP contribution in [0.25, 0.3) is 0 Å². The van der Waals surface area contributed by atoms with Gasteiger partial charge in [-0.3, -0.25) is 0 Å². The predicted octanol–water partition coefficient (Wildman–Crippen LogP) is 0.657. The van der Waals surface area contributed by atoms with E-state index >= 15 is 0 Å². The van der Waals surface area contributed by atoms with E-state index in [2.05, 4.69) is 15.6 Å². The van der Waals surface area contributed by atoms with Crippen LogP contribution in [0.3, 0.4) is 0 Å². The van der Waals surface area contributed by atoms with E-state index < -0.39 is 10.0 Å². The number of sulfonamides is 1. The molecule has 0 unspecified atom stereocenters. The molecular weight excluding hydrogens is 419 g/mol. The largest absolute Gasteiger partial charge is 0.496 e. The molecule has 1 aromatic rings. The number of nitrogens with one attached hydrogen (secondary N) is 2. The number of hydrogen-bond donors (Lipinski definition) is 3. The molecule has 0 radical (unpaired) electrons. The molecule has 0 aliphatic heterocycles. The van der Waals surface area contributed by atoms with Gasteiger partial charge in [0.25, 0.3) is 0 Å². The average Bonchev–Trinajstić information content (AvgIpc) is 2.43. The highest BCUT2D eigenvalue weighted by atomic mass is 127. The standard InChI is InChI=1S/C13H22N4O3S.HI/c1-3-15-13(16-8-9-21(14,18)19)17-10-11-6-4-5-7-12(11)20-2;/h4-7H,3,8-10H2,1-2H3,(H2,14,18,19)(H2,15,16,17);1H. The first kappa shape index (κ1) is 20.9. The Labute approximate surface area is 148 Å². The molecule has 9 heteroatoms. The molecule has 0 saturated carbocycles. The van der Waals surface area contributed by atoms with Crippen LogP contribution in [-0.4, -0.2) is 40.3 Å². The van der Waals surface area contributed by atoms with Gasteiger partial charge in [-0.05, 0) is 13.0 Å². The van der Waals surface area contributed by atoms with Gasteiger partial charge in [-0.25, -0.2) is 18.5 Å². The van der Waals surface area contributed by atoms with E-state index in [9.17, 15) is 8.42 Å². The van der Waals surface area contributed by atoms with Crippen LogP contribution in [0.2, 0.25) is 0 Å². The topological polar surface area (TPSA) is 106 Å². The third kappa shape index (κ3) is 8.39. The van der Waals surface area contributed by atoms with Crippen LogP contribution in [0, 0.1) is 0 Å². The van der Waals surface area contributed by atoms with Crippen molar-refractivity contribution >= 4 is 40.0 Å². The predicted molar refractivity (Wildman–Crippen MR) is 99.2 cm³/mol. The van der Waals surface area contributed by atoms with Crippen LogP contribution in [0.5, 0.6) is 5.75 Å². The summed E-state index contributed by atoms with van der Waals surface area (Å²) in [4.78, 5) is 4.39. The van der Waals surface area contributed by atoms with Gasteiger partial charge in [-0.1, -0.05) is 18.2 Å². The highest BCUT2D eigenvalue weighted by molar-refractivity contribution is 14.0. The summed E-state index contributed by atoms with van der Waals surface area (Å²) in [6, 6.07) is 7.60. The molecule has 0 aliphatic rings. The molecule has 0 fully saturated rings. The number of ether oxygens (including phenoxy) is 1. The van der Waals surface area contributed by atoms with Crippen LogP contribution in [0.4, 0.5) is 0 Å². The minimum atomic E-state index is -3.48. The van der Waals surface area contributed by atoms with Crippen molar-refractivity contribution in [1.82, 2.24) is 10.6 Å². The van der Waals surface area contributed by atoms with E-state index in [4.69, 9.17) is 9.88 Å². The van der Waals surface area contributed by atoms with E-state index in [0.717, 1.165) is 11.3 Å². The van der Waals surface area contributed by atoms with E-state index in [0.29, 0.717) is 19.0 Å². The van der Waals surface area contributed by atoms with Crippen molar-refractivity contribution in [3.63, 3.8) is 0 Å². The van der Waals surface area contributed by atoms with Gasteiger partial charge < -0.3 is 15.4 Å². The monoisotopic (exact) mass is 442 g/mol. The lowest BCUT2D eigenvalue weighted by molar-refractivity contribution is 0.410. The fourth-order valence-electron chi connectivity index (χ4n) is 1.65. The van der Waals surface area contributed by atoms with Crippen LogP contribution in [-0.2, 0) is 16.6 Å². The number of methoxy groups -OCH3 is 1. The summed E-state index contributed by atoms with van der Waals surface area (Å²) in [5, 5.41) is 10.9. The molecule has 22 heavy (non-hydrogen) atoms. The maximum atomic E-state index is 10.9. The van der Waals surface area contributed by atoms with Crippen molar-refractivity contribution in [3.05, 3.63) is 29.8 Å². The van der Waals surface area contributed by atoms with Crippen molar-refractivity contribution in [3.8, 4) is 5.75 Å². The van der Waals surface area contributed by atoms with Crippen molar-refractivity contribution in [2.75, 3.05) is 26.0 Å². The summed E-state index contributed by atoms with van der Waals surface area (Å²) < 4.78 is 27.0. The molecule has 4 N–H and O–H groups in total. The fraction of sp³-hybridized carbons (Fsp3) is 0.462. The number of para-hydroxylation sites is 1. The number of rotatable bonds is 7. The first-order chi connectivity index (χ1) is 9.96. The highest BCUT2D eigenvalue weighted by Gasteiger charge is 2.05. The lowest BCUT2D eigenvalue weighted by Crippen LogP contribution is -2.40. The molecule has 0 amide bonds. The van der Waals surface area contributed by atoms with Crippen LogP contribution < -0.4 is 20.5 Å². The van der Waals surface area contributed by atoms with Gasteiger partial charge in [0.2, 0.25) is 10.0 Å². The average molecular weight is 442 g/mol. The number of benzene rings is 1. The molecule has 0 aliphatic carbocycles. The number of guanidine groups is 1. The number of aliphatic imine (C=N–C) groups is 1. The number of primary sulfonamides is 1. The number of nitrogens with two attached hydrogens (primary N) is 1. The third-order valence-corrected chi connectivity index (χ3v) is 3.40. The molecule has 1 rings (SSSR count). The summed E-state index contributed by atoms with van der Waals surface area (Å²) >= 11 is 0. The Hall–Kier alpha value is -1.07. The van der Waals surface area contributed by atoms with E-state index in [1.54, 1.807) is 7.11 Å². The molecule has 126 valence electrons. The second-order valence-corrected chi connectivity index (χ2v) is 6.03. The zero-order valence-electron chi connectivity index (χ0n) is 12.7. The van der Waals surface area contributed by atoms with E-state index in [1.165, 1.54) is 0 Å². The van der Waals surface area contributed by atoms with Crippen LogP contribution in [0.1, 0.15) is 12.5 Å². The van der Waals surface area contributed by atoms with E-state index in [1.807, 2.05) is 31.2 Å². The lowest BCUT2D eigenvalue weighted by Gasteiger charge is -2.11. The third-order valence-electron chi connectivity index (χ3n) is 2.62. The van der Waals surface area contributed by atoms with Gasteiger partial charge in [0.05, 0.1) is 19.4 Å². The highest BCUT2D eigenvalue weighted by Crippen LogP contribution is 2.17. The Morgan fingerprint density at radius 2 is 2.00 bits per heavy atom. The number of halogens is 1. The first-order valence-corrected chi connectivity index (χ1v) is 8.32. The smallest absolute Gasteiger partial charge is 0.210 e. The summed E-state index contributed by atoms with van der Waals surface area (Å²) in [6.45, 7) is 3.23. The number of nitrogens with zero attached hydrogens (tertiary/aromatic N) is 1. The molecule has 0 bridgehead atoms. The summed E-state index contributed by atoms with van der Waals surface area (Å²) in [5.41, 5.74) is 0.948. The SMILES string of the molecule is CCNC(=NCc1ccccc1OC)NCCS(N)(=O)=O.I. The molecular formula is C13H23IN4O3S. The normalized spacial score (nSPS) is 11.5. The Morgan fingerprint density at radius 3 is 2.59 bits per heavy atom. The zero-order valence-corrected chi connectivity index (χ0v) is 15.9. The van der Waals surface area contributed by atoms with Crippen molar-refractivity contribution < 1.29 is 13.2 Å². The molecule has 1 aromatic carbocycles. The Bertz CT molecular complexity index is 578. The molecule has 0 saturated heterocycles. The zero-order chi connectivity index (χ0) is 15.7. The van der Waals surface area contributed by atoms with Crippen LogP contribution >= 0.6 is 24.0 Å². The minimum absolute atomic E-state index is 0. The second kappa shape index (κ2) is 10.6. The molecule has 0 aromatic heterocycles. The Morgan fingerprint density at radius 1 is 1.32 bits per heavy atom. The molecule has 0 spiro atoms. The summed E-state index contributed by atoms with van der Waals surface area (Å²) in [7, 11) is -1.87. The van der Waals surface area contributed by atoms with Crippen LogP contribution in [0.15, 0.2) is 29.3 Å². The fourth-order valence-corrected chi connectivity index (χ4v) is 2.04. The van der Waals surface area contributed by atoms with Gasteiger partial charge in [0.15, 0.2) is 5.96 Å². The molecule has 0 atom stereocenters. The van der Waals surface area contributed by atoms with Gasteiger partial charge in [-0.15, -0.1) is 24.0 Å². The van der Waals surface area contributed by atoms with Gasteiger partial charge in [0.1, 0.15) is 5.75 Å². The summed E-state index contributed by atoms with van der Waals surface area (Å²) in [6.07, 6.45) is 0. The maximum absolute atomic E-state index is 10.9. The van der Waals surface area contributed by atoms with E-state index in [-0.39, 0.29) is 36.3 Å². The van der Waals surface area contributed by atoms with Gasteiger partial charge >= 0.3 is 0 Å². The second-order valence-electron chi connectivity index (χ2n) is 4.30. The van der Waals surface area contributed by atoms with Gasteiger partial charge in [-0.2, -0.15) is 0 Å². The Kier molecular flexibility index (Phi) is 10.1. The maximum Gasteiger partial charge on any atom is 0.210 e.